The summed E-state index contributed by atoms with van der Waals surface area (Å²) in [6, 6.07) is 4.36. The molecule has 0 aliphatic carbocycles. The van der Waals surface area contributed by atoms with E-state index in [1.54, 1.807) is 6.26 Å². The minimum Gasteiger partial charge on any atom is -0.481 e. The average Bonchev–Trinajstić information content (AvgIpc) is 3.14. The summed E-state index contributed by atoms with van der Waals surface area (Å²) in [5, 5.41) is 9.13. The Bertz CT molecular complexity index is 579. The van der Waals surface area contributed by atoms with Crippen molar-refractivity contribution in [2.45, 2.75) is 25.3 Å². The standard InChI is InChI=1S/C20H31N3O3/c1-21-11-13-23(14-12-21)19-8-10-22(16-17(19)6-7-20(24)25)9-2-4-18-5-3-15-26-18/h2-5,15,17,19H,6-14,16H2,1H3,(H,24,25)/b4-2+/t17-,19+/m1/s1. The lowest BCUT2D eigenvalue weighted by molar-refractivity contribution is -0.137. The molecule has 1 aromatic heterocycles. The summed E-state index contributed by atoms with van der Waals surface area (Å²) in [5.41, 5.74) is 0. The second-order valence-electron chi connectivity index (χ2n) is 7.57. The number of carboxylic acids is 1. The molecule has 0 spiro atoms. The molecule has 6 heteroatoms. The van der Waals surface area contributed by atoms with Crippen molar-refractivity contribution in [3.05, 3.63) is 30.2 Å². The van der Waals surface area contributed by atoms with Crippen LogP contribution >= 0.6 is 0 Å². The number of likely N-dealkylation sites (N-methyl/N-ethyl adjacent to an activating group) is 1. The van der Waals surface area contributed by atoms with Crippen LogP contribution in [0.5, 0.6) is 0 Å². The highest BCUT2D eigenvalue weighted by Gasteiger charge is 2.34. The van der Waals surface area contributed by atoms with Gasteiger partial charge >= 0.3 is 5.97 Å². The second kappa shape index (κ2) is 9.35. The van der Waals surface area contributed by atoms with E-state index in [1.807, 2.05) is 18.2 Å². The lowest BCUT2D eigenvalue weighted by Crippen LogP contribution is -2.56. The number of hydrogen-bond donors (Lipinski definition) is 1. The van der Waals surface area contributed by atoms with Gasteiger partial charge in [0.25, 0.3) is 0 Å². The number of aliphatic carboxylic acids is 1. The van der Waals surface area contributed by atoms with E-state index in [9.17, 15) is 4.79 Å². The number of hydrogen-bond acceptors (Lipinski definition) is 5. The maximum atomic E-state index is 11.1. The van der Waals surface area contributed by atoms with Gasteiger partial charge in [-0.25, -0.2) is 0 Å². The molecule has 3 rings (SSSR count). The highest BCUT2D eigenvalue weighted by molar-refractivity contribution is 5.66. The number of rotatable bonds is 7. The molecule has 2 aliphatic heterocycles. The number of carbonyl (C=O) groups is 1. The number of piperidine rings is 1. The number of carboxylic acid groups (broad SMARTS) is 1. The smallest absolute Gasteiger partial charge is 0.303 e. The number of nitrogens with zero attached hydrogens (tertiary/aromatic N) is 3. The van der Waals surface area contributed by atoms with Crippen molar-refractivity contribution in [1.82, 2.24) is 14.7 Å². The molecule has 1 N–H and O–H groups in total. The van der Waals surface area contributed by atoms with Gasteiger partial charge in [-0.15, -0.1) is 0 Å². The summed E-state index contributed by atoms with van der Waals surface area (Å²) in [4.78, 5) is 18.5. The van der Waals surface area contributed by atoms with E-state index in [-0.39, 0.29) is 6.42 Å². The Morgan fingerprint density at radius 2 is 2.12 bits per heavy atom. The van der Waals surface area contributed by atoms with Crippen LogP contribution in [0, 0.1) is 5.92 Å². The zero-order valence-electron chi connectivity index (χ0n) is 15.7. The first kappa shape index (κ1) is 19.1. The predicted molar refractivity (Wildman–Crippen MR) is 102 cm³/mol. The molecule has 0 saturated carbocycles. The highest BCUT2D eigenvalue weighted by atomic mass is 16.4. The van der Waals surface area contributed by atoms with Gasteiger partial charge in [0.15, 0.2) is 0 Å². The third-order valence-corrected chi connectivity index (χ3v) is 5.70. The molecule has 2 aliphatic rings. The molecule has 2 atom stereocenters. The summed E-state index contributed by atoms with van der Waals surface area (Å²) in [7, 11) is 2.17. The van der Waals surface area contributed by atoms with Crippen LogP contribution in [0.2, 0.25) is 0 Å². The van der Waals surface area contributed by atoms with Crippen LogP contribution in [0.3, 0.4) is 0 Å². The van der Waals surface area contributed by atoms with Gasteiger partial charge < -0.3 is 14.4 Å². The molecule has 2 fully saturated rings. The Morgan fingerprint density at radius 3 is 2.81 bits per heavy atom. The first-order chi connectivity index (χ1) is 12.6. The van der Waals surface area contributed by atoms with Gasteiger partial charge in [0.1, 0.15) is 5.76 Å². The number of piperazine rings is 1. The average molecular weight is 361 g/mol. The molecule has 0 bridgehead atoms. The largest absolute Gasteiger partial charge is 0.481 e. The molecular formula is C20H31N3O3. The van der Waals surface area contributed by atoms with Crippen molar-refractivity contribution >= 4 is 12.0 Å². The lowest BCUT2D eigenvalue weighted by atomic mass is 9.86. The monoisotopic (exact) mass is 361 g/mol. The van der Waals surface area contributed by atoms with E-state index in [1.165, 1.54) is 0 Å². The van der Waals surface area contributed by atoms with Crippen LogP contribution in [0.4, 0.5) is 0 Å². The third kappa shape index (κ3) is 5.43. The molecular weight excluding hydrogens is 330 g/mol. The predicted octanol–water partition coefficient (Wildman–Crippen LogP) is 2.10. The Morgan fingerprint density at radius 1 is 1.31 bits per heavy atom. The van der Waals surface area contributed by atoms with Gasteiger partial charge in [0, 0.05) is 51.7 Å². The second-order valence-corrected chi connectivity index (χ2v) is 7.57. The first-order valence-electron chi connectivity index (χ1n) is 9.68. The van der Waals surface area contributed by atoms with Crippen LogP contribution in [-0.4, -0.2) is 84.7 Å². The van der Waals surface area contributed by atoms with Gasteiger partial charge in [0.05, 0.1) is 6.26 Å². The Labute approximate surface area is 156 Å². The molecule has 2 saturated heterocycles. The van der Waals surface area contributed by atoms with Crippen LogP contribution < -0.4 is 0 Å². The molecule has 3 heterocycles. The van der Waals surface area contributed by atoms with Crippen molar-refractivity contribution in [2.75, 3.05) is 52.9 Å². The van der Waals surface area contributed by atoms with Crippen LogP contribution in [0.1, 0.15) is 25.0 Å². The summed E-state index contributed by atoms with van der Waals surface area (Å²) < 4.78 is 5.33. The first-order valence-corrected chi connectivity index (χ1v) is 9.68. The summed E-state index contributed by atoms with van der Waals surface area (Å²) in [5.74, 6) is 0.622. The minimum absolute atomic E-state index is 0.269. The fourth-order valence-electron chi connectivity index (χ4n) is 4.19. The van der Waals surface area contributed by atoms with Gasteiger partial charge in [-0.3, -0.25) is 14.6 Å². The molecule has 1 aromatic rings. The van der Waals surface area contributed by atoms with Crippen molar-refractivity contribution in [3.8, 4) is 0 Å². The van der Waals surface area contributed by atoms with Gasteiger partial charge in [-0.1, -0.05) is 6.08 Å². The summed E-state index contributed by atoms with van der Waals surface area (Å²) in [6.07, 6.45) is 8.00. The van der Waals surface area contributed by atoms with Crippen LogP contribution in [0.15, 0.2) is 28.9 Å². The quantitative estimate of drug-likeness (QED) is 0.803. The van der Waals surface area contributed by atoms with E-state index < -0.39 is 5.97 Å². The Hall–Kier alpha value is -1.63. The van der Waals surface area contributed by atoms with E-state index in [4.69, 9.17) is 9.52 Å². The van der Waals surface area contributed by atoms with E-state index >= 15 is 0 Å². The lowest BCUT2D eigenvalue weighted by Gasteiger charge is -2.46. The maximum Gasteiger partial charge on any atom is 0.303 e. The van der Waals surface area contributed by atoms with Gasteiger partial charge in [-0.05, 0) is 50.6 Å². The maximum absolute atomic E-state index is 11.1. The van der Waals surface area contributed by atoms with Crippen molar-refractivity contribution < 1.29 is 14.3 Å². The Kier molecular flexibility index (Phi) is 6.88. The zero-order valence-corrected chi connectivity index (χ0v) is 15.7. The molecule has 0 amide bonds. The van der Waals surface area contributed by atoms with Crippen molar-refractivity contribution in [1.29, 1.82) is 0 Å². The SMILES string of the molecule is CN1CCN([C@H]2CCN(C/C=C/c3ccco3)C[C@H]2CCC(=O)O)CC1. The van der Waals surface area contributed by atoms with Gasteiger partial charge in [-0.2, -0.15) is 0 Å². The zero-order chi connectivity index (χ0) is 18.4. The van der Waals surface area contributed by atoms with Crippen molar-refractivity contribution in [3.63, 3.8) is 0 Å². The van der Waals surface area contributed by atoms with Crippen molar-refractivity contribution in [2.24, 2.45) is 5.92 Å². The van der Waals surface area contributed by atoms with Crippen LogP contribution in [-0.2, 0) is 4.79 Å². The summed E-state index contributed by atoms with van der Waals surface area (Å²) in [6.45, 7) is 7.36. The number of furan rings is 1. The minimum atomic E-state index is -0.683. The highest BCUT2D eigenvalue weighted by Crippen LogP contribution is 2.27. The molecule has 144 valence electrons. The fourth-order valence-corrected chi connectivity index (χ4v) is 4.19. The third-order valence-electron chi connectivity index (χ3n) is 5.70. The molecule has 0 aromatic carbocycles. The molecule has 6 nitrogen and oxygen atoms in total. The Balaban J connectivity index is 1.56. The van der Waals surface area contributed by atoms with Crippen LogP contribution in [0.25, 0.3) is 6.08 Å². The van der Waals surface area contributed by atoms with E-state index in [0.29, 0.717) is 12.0 Å². The van der Waals surface area contributed by atoms with E-state index in [0.717, 1.165) is 64.4 Å². The molecule has 0 unspecified atom stereocenters. The normalized spacial score (nSPS) is 26.5. The fraction of sp³-hybridized carbons (Fsp3) is 0.650. The number of likely N-dealkylation sites (tertiary alicyclic amines) is 1. The van der Waals surface area contributed by atoms with E-state index in [2.05, 4.69) is 27.8 Å². The topological polar surface area (TPSA) is 60.2 Å². The molecule has 0 radical (unpaired) electrons. The molecule has 26 heavy (non-hydrogen) atoms. The summed E-state index contributed by atoms with van der Waals surface area (Å²) >= 11 is 0. The van der Waals surface area contributed by atoms with Gasteiger partial charge in [0.2, 0.25) is 0 Å².